The Labute approximate surface area is 117 Å². The van der Waals surface area contributed by atoms with Crippen molar-refractivity contribution in [1.29, 1.82) is 0 Å². The Hall–Kier alpha value is -0.870. The van der Waals surface area contributed by atoms with Gasteiger partial charge in [-0.25, -0.2) is 0 Å². The molecule has 100 valence electrons. The van der Waals surface area contributed by atoms with Crippen LogP contribution in [0.1, 0.15) is 32.4 Å². The topological polar surface area (TPSA) is 38.3 Å². The average Bonchev–Trinajstić information content (AvgIpc) is 2.36. The van der Waals surface area contributed by atoms with E-state index in [2.05, 4.69) is 40.3 Å². The van der Waals surface area contributed by atoms with E-state index in [1.165, 1.54) is 5.56 Å². The van der Waals surface area contributed by atoms with Crippen molar-refractivity contribution in [3.8, 4) is 0 Å². The molecule has 0 bridgehead atoms. The quantitative estimate of drug-likeness (QED) is 0.819. The van der Waals surface area contributed by atoms with E-state index in [9.17, 15) is 4.79 Å². The summed E-state index contributed by atoms with van der Waals surface area (Å²) in [5, 5.41) is 3.34. The third-order valence-corrected chi connectivity index (χ3v) is 3.32. The molecule has 0 fully saturated rings. The molecule has 0 saturated heterocycles. The van der Waals surface area contributed by atoms with Crippen LogP contribution in [0, 0.1) is 5.92 Å². The molecule has 1 N–H and O–H groups in total. The number of ether oxygens (including phenoxy) is 1. The fourth-order valence-electron chi connectivity index (χ4n) is 1.59. The van der Waals surface area contributed by atoms with E-state index in [1.807, 2.05) is 26.0 Å². The number of carbonyl (C=O) groups is 1. The van der Waals surface area contributed by atoms with Gasteiger partial charge in [-0.1, -0.05) is 35.0 Å². The zero-order chi connectivity index (χ0) is 13.5. The van der Waals surface area contributed by atoms with Crippen molar-refractivity contribution in [1.82, 2.24) is 5.32 Å². The van der Waals surface area contributed by atoms with Gasteiger partial charge in [0.2, 0.25) is 0 Å². The largest absolute Gasteiger partial charge is 0.466 e. The number of benzene rings is 1. The van der Waals surface area contributed by atoms with Crippen LogP contribution in [0.4, 0.5) is 0 Å². The molecule has 0 aliphatic rings. The predicted octanol–water partition coefficient (Wildman–Crippen LogP) is 3.30. The van der Waals surface area contributed by atoms with Gasteiger partial charge < -0.3 is 10.1 Å². The SMILES string of the molecule is CCOC(=O)C(C)CNC(C)c1ccc(Br)cc1. The third kappa shape index (κ3) is 4.78. The molecule has 0 spiro atoms. The van der Waals surface area contributed by atoms with Crippen molar-refractivity contribution in [3.63, 3.8) is 0 Å². The van der Waals surface area contributed by atoms with E-state index in [0.29, 0.717) is 13.2 Å². The fraction of sp³-hybridized carbons (Fsp3) is 0.500. The lowest BCUT2D eigenvalue weighted by molar-refractivity contribution is -0.147. The van der Waals surface area contributed by atoms with Crippen molar-refractivity contribution in [2.45, 2.75) is 26.8 Å². The lowest BCUT2D eigenvalue weighted by Crippen LogP contribution is -2.29. The predicted molar refractivity (Wildman–Crippen MR) is 76.4 cm³/mol. The summed E-state index contributed by atoms with van der Waals surface area (Å²) in [5.41, 5.74) is 1.20. The van der Waals surface area contributed by atoms with E-state index in [-0.39, 0.29) is 17.9 Å². The molecular weight excluding hydrogens is 294 g/mol. The fourth-order valence-corrected chi connectivity index (χ4v) is 1.86. The molecule has 18 heavy (non-hydrogen) atoms. The van der Waals surface area contributed by atoms with Crippen molar-refractivity contribution in [3.05, 3.63) is 34.3 Å². The molecule has 2 unspecified atom stereocenters. The normalized spacial score (nSPS) is 14.0. The number of halogens is 1. The Balaban J connectivity index is 2.43. The molecule has 1 aromatic rings. The third-order valence-electron chi connectivity index (χ3n) is 2.79. The second-order valence-corrected chi connectivity index (χ2v) is 5.25. The lowest BCUT2D eigenvalue weighted by Gasteiger charge is -2.17. The Morgan fingerprint density at radius 3 is 2.50 bits per heavy atom. The number of esters is 1. The van der Waals surface area contributed by atoms with Crippen LogP contribution in [0.25, 0.3) is 0 Å². The van der Waals surface area contributed by atoms with Gasteiger partial charge in [0, 0.05) is 17.1 Å². The molecule has 0 aliphatic heterocycles. The van der Waals surface area contributed by atoms with Gasteiger partial charge in [-0.3, -0.25) is 4.79 Å². The van der Waals surface area contributed by atoms with Crippen LogP contribution in [0.2, 0.25) is 0 Å². The summed E-state index contributed by atoms with van der Waals surface area (Å²) < 4.78 is 6.04. The van der Waals surface area contributed by atoms with E-state index in [4.69, 9.17) is 4.74 Å². The summed E-state index contributed by atoms with van der Waals surface area (Å²) in [6.07, 6.45) is 0. The molecule has 1 rings (SSSR count). The summed E-state index contributed by atoms with van der Waals surface area (Å²) in [7, 11) is 0. The molecule has 0 amide bonds. The standard InChI is InChI=1S/C14H20BrNO2/c1-4-18-14(17)10(2)9-16-11(3)12-5-7-13(15)8-6-12/h5-8,10-11,16H,4,9H2,1-3H3. The number of hydrogen-bond donors (Lipinski definition) is 1. The molecule has 0 heterocycles. The smallest absolute Gasteiger partial charge is 0.309 e. The number of rotatable bonds is 6. The first kappa shape index (κ1) is 15.2. The highest BCUT2D eigenvalue weighted by Crippen LogP contribution is 2.16. The monoisotopic (exact) mass is 313 g/mol. The molecule has 0 radical (unpaired) electrons. The first-order chi connectivity index (χ1) is 8.54. The maximum Gasteiger partial charge on any atom is 0.309 e. The summed E-state index contributed by atoms with van der Waals surface area (Å²) in [5.74, 6) is -0.268. The highest BCUT2D eigenvalue weighted by Gasteiger charge is 2.15. The Morgan fingerprint density at radius 2 is 1.94 bits per heavy atom. The second kappa shape index (κ2) is 7.54. The molecule has 2 atom stereocenters. The van der Waals surface area contributed by atoms with Crippen LogP contribution in [-0.2, 0) is 9.53 Å². The molecule has 0 aliphatic carbocycles. The van der Waals surface area contributed by atoms with Crippen molar-refractivity contribution in [2.75, 3.05) is 13.2 Å². The van der Waals surface area contributed by atoms with Gasteiger partial charge >= 0.3 is 5.97 Å². The van der Waals surface area contributed by atoms with Crippen LogP contribution < -0.4 is 5.32 Å². The van der Waals surface area contributed by atoms with E-state index in [1.54, 1.807) is 0 Å². The molecule has 3 nitrogen and oxygen atoms in total. The maximum absolute atomic E-state index is 11.5. The average molecular weight is 314 g/mol. The Kier molecular flexibility index (Phi) is 6.36. The first-order valence-electron chi connectivity index (χ1n) is 6.20. The molecule has 0 saturated carbocycles. The minimum absolute atomic E-state index is 0.122. The van der Waals surface area contributed by atoms with E-state index >= 15 is 0 Å². The summed E-state index contributed by atoms with van der Waals surface area (Å²) in [6, 6.07) is 8.38. The van der Waals surface area contributed by atoms with Crippen LogP contribution in [0.3, 0.4) is 0 Å². The van der Waals surface area contributed by atoms with Crippen LogP contribution >= 0.6 is 15.9 Å². The second-order valence-electron chi connectivity index (χ2n) is 4.33. The minimum Gasteiger partial charge on any atom is -0.466 e. The van der Waals surface area contributed by atoms with Gasteiger partial charge in [0.1, 0.15) is 0 Å². The summed E-state index contributed by atoms with van der Waals surface area (Å²) >= 11 is 3.41. The highest BCUT2D eigenvalue weighted by molar-refractivity contribution is 9.10. The van der Waals surface area contributed by atoms with Crippen molar-refractivity contribution in [2.24, 2.45) is 5.92 Å². The number of carbonyl (C=O) groups excluding carboxylic acids is 1. The number of hydrogen-bond acceptors (Lipinski definition) is 3. The zero-order valence-corrected chi connectivity index (χ0v) is 12.7. The molecular formula is C14H20BrNO2. The van der Waals surface area contributed by atoms with Gasteiger partial charge in [0.15, 0.2) is 0 Å². The van der Waals surface area contributed by atoms with Crippen LogP contribution in [-0.4, -0.2) is 19.1 Å². The lowest BCUT2D eigenvalue weighted by atomic mass is 10.1. The Morgan fingerprint density at radius 1 is 1.33 bits per heavy atom. The van der Waals surface area contributed by atoms with Crippen LogP contribution in [0.5, 0.6) is 0 Å². The summed E-state index contributed by atoms with van der Waals surface area (Å²) in [4.78, 5) is 11.5. The Bertz CT molecular complexity index is 378. The van der Waals surface area contributed by atoms with Gasteiger partial charge in [-0.15, -0.1) is 0 Å². The van der Waals surface area contributed by atoms with Gasteiger partial charge in [-0.2, -0.15) is 0 Å². The van der Waals surface area contributed by atoms with Gasteiger partial charge in [0.25, 0.3) is 0 Å². The van der Waals surface area contributed by atoms with Crippen LogP contribution in [0.15, 0.2) is 28.7 Å². The highest BCUT2D eigenvalue weighted by atomic mass is 79.9. The van der Waals surface area contributed by atoms with Crippen molar-refractivity contribution < 1.29 is 9.53 Å². The van der Waals surface area contributed by atoms with Crippen molar-refractivity contribution >= 4 is 21.9 Å². The zero-order valence-electron chi connectivity index (χ0n) is 11.1. The summed E-state index contributed by atoms with van der Waals surface area (Å²) in [6.45, 7) is 6.84. The molecule has 4 heteroatoms. The first-order valence-corrected chi connectivity index (χ1v) is 6.99. The minimum atomic E-state index is -0.145. The van der Waals surface area contributed by atoms with E-state index in [0.717, 1.165) is 4.47 Å². The maximum atomic E-state index is 11.5. The van der Waals surface area contributed by atoms with Gasteiger partial charge in [-0.05, 0) is 31.5 Å². The molecule has 1 aromatic carbocycles. The van der Waals surface area contributed by atoms with E-state index < -0.39 is 0 Å². The number of nitrogens with one attached hydrogen (secondary N) is 1. The van der Waals surface area contributed by atoms with Gasteiger partial charge in [0.05, 0.1) is 12.5 Å². The molecule has 0 aromatic heterocycles.